The molecule has 0 saturated heterocycles. The van der Waals surface area contributed by atoms with Crippen LogP contribution in [0.1, 0.15) is 36.7 Å². The second-order valence-corrected chi connectivity index (χ2v) is 7.19. The lowest BCUT2D eigenvalue weighted by Crippen LogP contribution is -2.40. The van der Waals surface area contributed by atoms with Crippen LogP contribution in [0.5, 0.6) is 0 Å². The molecule has 7 heteroatoms. The molecule has 0 aliphatic rings. The van der Waals surface area contributed by atoms with Gasteiger partial charge in [0.15, 0.2) is 0 Å². The fourth-order valence-corrected chi connectivity index (χ4v) is 2.37. The number of amides is 2. The summed E-state index contributed by atoms with van der Waals surface area (Å²) in [6.45, 7) is 5.53. The quantitative estimate of drug-likeness (QED) is 0.737. The lowest BCUT2D eigenvalue weighted by molar-refractivity contribution is -0.112. The molecule has 0 aromatic heterocycles. The van der Waals surface area contributed by atoms with Crippen molar-refractivity contribution < 1.29 is 22.8 Å². The van der Waals surface area contributed by atoms with Gasteiger partial charge in [0.25, 0.3) is 5.91 Å². The van der Waals surface area contributed by atoms with Gasteiger partial charge in [0.1, 0.15) is 0 Å². The molecule has 2 amide bonds. The summed E-state index contributed by atoms with van der Waals surface area (Å²) in [6.07, 6.45) is -4.15. The Kier molecular flexibility index (Phi) is 6.28. The number of rotatable bonds is 4. The average Bonchev–Trinajstić information content (AvgIpc) is 2.58. The predicted octanol–water partition coefficient (Wildman–Crippen LogP) is 4.80. The van der Waals surface area contributed by atoms with Crippen molar-refractivity contribution in [2.45, 2.75) is 32.5 Å². The Morgan fingerprint density at radius 1 is 0.857 bits per heavy atom. The monoisotopic (exact) mass is 390 g/mol. The highest BCUT2D eigenvalue weighted by molar-refractivity contribution is 6.05. The highest BCUT2D eigenvalue weighted by atomic mass is 19.4. The predicted molar refractivity (Wildman–Crippen MR) is 103 cm³/mol. The third kappa shape index (κ3) is 6.26. The van der Waals surface area contributed by atoms with Gasteiger partial charge in [0, 0.05) is 22.9 Å². The minimum absolute atomic E-state index is 0.0978. The molecule has 0 heterocycles. The molecule has 0 bridgehead atoms. The molecule has 2 rings (SSSR count). The van der Waals surface area contributed by atoms with Gasteiger partial charge < -0.3 is 10.6 Å². The summed E-state index contributed by atoms with van der Waals surface area (Å²) in [6, 6.07) is 13.0. The van der Waals surface area contributed by atoms with Gasteiger partial charge in [0.2, 0.25) is 5.91 Å². The van der Waals surface area contributed by atoms with Crippen LogP contribution in [0, 0.1) is 0 Å². The van der Waals surface area contributed by atoms with E-state index in [2.05, 4.69) is 10.6 Å². The van der Waals surface area contributed by atoms with Crippen molar-refractivity contribution in [3.8, 4) is 0 Å². The molecule has 2 N–H and O–H groups in total. The molecule has 0 atom stereocenters. The first-order chi connectivity index (χ1) is 13.0. The molecule has 0 unspecified atom stereocenters. The Balaban J connectivity index is 2.15. The zero-order valence-electron chi connectivity index (χ0n) is 15.7. The van der Waals surface area contributed by atoms with E-state index in [0.29, 0.717) is 11.6 Å². The van der Waals surface area contributed by atoms with Gasteiger partial charge in [-0.05, 0) is 50.6 Å². The van der Waals surface area contributed by atoms with Gasteiger partial charge in [0.05, 0.1) is 5.57 Å². The minimum atomic E-state index is -4.67. The molecule has 0 fully saturated rings. The summed E-state index contributed by atoms with van der Waals surface area (Å²) < 4.78 is 39.9. The number of allylic oxidation sites excluding steroid dienone is 1. The topological polar surface area (TPSA) is 58.2 Å². The first-order valence-electron chi connectivity index (χ1n) is 8.53. The number of halogens is 3. The van der Waals surface area contributed by atoms with Crippen LogP contribution >= 0.6 is 0 Å². The van der Waals surface area contributed by atoms with Gasteiger partial charge in [-0.25, -0.2) is 0 Å². The molecule has 0 aliphatic heterocycles. The van der Waals surface area contributed by atoms with E-state index in [1.807, 2.05) is 20.8 Å². The van der Waals surface area contributed by atoms with Gasteiger partial charge in [-0.1, -0.05) is 30.3 Å². The van der Waals surface area contributed by atoms with Crippen molar-refractivity contribution in [1.82, 2.24) is 5.32 Å². The number of anilines is 1. The maximum absolute atomic E-state index is 13.3. The van der Waals surface area contributed by atoms with Crippen LogP contribution in [0.25, 0.3) is 5.57 Å². The van der Waals surface area contributed by atoms with Crippen LogP contribution in [0.3, 0.4) is 0 Å². The number of nitrogens with one attached hydrogen (secondary N) is 2. The van der Waals surface area contributed by atoms with Crippen LogP contribution in [-0.4, -0.2) is 23.5 Å². The maximum Gasteiger partial charge on any atom is 0.417 e. The van der Waals surface area contributed by atoms with E-state index in [0.717, 1.165) is 0 Å². The molecule has 0 aliphatic carbocycles. The van der Waals surface area contributed by atoms with Gasteiger partial charge in [-0.3, -0.25) is 9.59 Å². The summed E-state index contributed by atoms with van der Waals surface area (Å²) in [4.78, 5) is 24.2. The molecule has 2 aromatic carbocycles. The number of carbonyl (C=O) groups is 2. The highest BCUT2D eigenvalue weighted by Crippen LogP contribution is 2.33. The zero-order valence-corrected chi connectivity index (χ0v) is 15.7. The Morgan fingerprint density at radius 2 is 1.43 bits per heavy atom. The molecular formula is C21H21F3N2O2. The van der Waals surface area contributed by atoms with Crippen LogP contribution in [0.4, 0.5) is 18.9 Å². The minimum Gasteiger partial charge on any atom is -0.347 e. The van der Waals surface area contributed by atoms with Crippen LogP contribution in [0.2, 0.25) is 0 Å². The lowest BCUT2D eigenvalue weighted by atomic mass is 10.0. The lowest BCUT2D eigenvalue weighted by Gasteiger charge is -2.20. The Hall–Kier alpha value is -3.09. The summed E-state index contributed by atoms with van der Waals surface area (Å²) in [5.74, 6) is -1.20. The van der Waals surface area contributed by atoms with Crippen molar-refractivity contribution in [2.75, 3.05) is 5.32 Å². The summed E-state index contributed by atoms with van der Waals surface area (Å²) in [7, 11) is 0. The molecule has 148 valence electrons. The molecule has 0 saturated carbocycles. The standard InChI is InChI=1S/C21H21F3N2O2/c1-20(2,3)26-19(28)15-9-11-16(12-10-15)25-18(27)13-17(21(22,23)24)14-7-5-4-6-8-14/h4-13H,1-3H3,(H,25,27)(H,26,28)/b17-13-. The fraction of sp³-hybridized carbons (Fsp3) is 0.238. The number of carbonyl (C=O) groups excluding carboxylic acids is 2. The molecule has 4 nitrogen and oxygen atoms in total. The first-order valence-corrected chi connectivity index (χ1v) is 8.53. The molecule has 0 spiro atoms. The van der Waals surface area contributed by atoms with E-state index >= 15 is 0 Å². The zero-order chi connectivity index (χ0) is 20.9. The Morgan fingerprint density at radius 3 is 1.93 bits per heavy atom. The largest absolute Gasteiger partial charge is 0.417 e. The van der Waals surface area contributed by atoms with Gasteiger partial charge in [-0.15, -0.1) is 0 Å². The van der Waals surface area contributed by atoms with Crippen molar-refractivity contribution in [1.29, 1.82) is 0 Å². The summed E-state index contributed by atoms with van der Waals surface area (Å²) in [5.41, 5.74) is -0.877. The average molecular weight is 390 g/mol. The van der Waals surface area contributed by atoms with Crippen LogP contribution < -0.4 is 10.6 Å². The SMILES string of the molecule is CC(C)(C)NC(=O)c1ccc(NC(=O)/C=C(/c2ccccc2)C(F)(F)F)cc1. The van der Waals surface area contributed by atoms with Crippen molar-refractivity contribution in [3.05, 3.63) is 71.8 Å². The van der Waals surface area contributed by atoms with Crippen LogP contribution in [0.15, 0.2) is 60.7 Å². The van der Waals surface area contributed by atoms with E-state index in [-0.39, 0.29) is 17.2 Å². The Bertz CT molecular complexity index is 865. The van der Waals surface area contributed by atoms with E-state index in [9.17, 15) is 22.8 Å². The number of alkyl halides is 3. The van der Waals surface area contributed by atoms with E-state index in [4.69, 9.17) is 0 Å². The first kappa shape index (κ1) is 21.2. The maximum atomic E-state index is 13.3. The summed E-state index contributed by atoms with van der Waals surface area (Å²) >= 11 is 0. The fourth-order valence-electron chi connectivity index (χ4n) is 2.37. The number of hydrogen-bond donors (Lipinski definition) is 2. The molecule has 28 heavy (non-hydrogen) atoms. The second kappa shape index (κ2) is 8.29. The van der Waals surface area contributed by atoms with E-state index < -0.39 is 23.2 Å². The second-order valence-electron chi connectivity index (χ2n) is 7.19. The smallest absolute Gasteiger partial charge is 0.347 e. The van der Waals surface area contributed by atoms with Gasteiger partial charge >= 0.3 is 6.18 Å². The highest BCUT2D eigenvalue weighted by Gasteiger charge is 2.35. The Labute approximate surface area is 161 Å². The number of benzene rings is 2. The third-order valence-electron chi connectivity index (χ3n) is 3.57. The molecule has 0 radical (unpaired) electrons. The van der Waals surface area contributed by atoms with Crippen molar-refractivity contribution in [3.63, 3.8) is 0 Å². The number of hydrogen-bond acceptors (Lipinski definition) is 2. The van der Waals surface area contributed by atoms with Crippen LogP contribution in [-0.2, 0) is 4.79 Å². The normalized spacial score (nSPS) is 12.4. The molecule has 2 aromatic rings. The van der Waals surface area contributed by atoms with E-state index in [1.165, 1.54) is 48.5 Å². The van der Waals surface area contributed by atoms with Crippen molar-refractivity contribution in [2.24, 2.45) is 0 Å². The summed E-state index contributed by atoms with van der Waals surface area (Å²) in [5, 5.41) is 5.18. The molecular weight excluding hydrogens is 369 g/mol. The van der Waals surface area contributed by atoms with Crippen molar-refractivity contribution >= 4 is 23.1 Å². The third-order valence-corrected chi connectivity index (χ3v) is 3.57. The van der Waals surface area contributed by atoms with Gasteiger partial charge in [-0.2, -0.15) is 13.2 Å². The van der Waals surface area contributed by atoms with E-state index in [1.54, 1.807) is 6.07 Å².